The summed E-state index contributed by atoms with van der Waals surface area (Å²) < 4.78 is 46.3. The lowest BCUT2D eigenvalue weighted by Crippen LogP contribution is -2.21. The molecule has 0 spiro atoms. The van der Waals surface area contributed by atoms with Crippen LogP contribution in [0.3, 0.4) is 0 Å². The van der Waals surface area contributed by atoms with Crippen LogP contribution in [0, 0.1) is 5.82 Å². The Balaban J connectivity index is 0.000000429. The average Bonchev–Trinajstić information content (AvgIpc) is 3.10. The van der Waals surface area contributed by atoms with Crippen molar-refractivity contribution in [3.05, 3.63) is 88.2 Å². The van der Waals surface area contributed by atoms with E-state index in [1.165, 1.54) is 12.1 Å². The third-order valence-electron chi connectivity index (χ3n) is 4.58. The number of anilines is 2. The van der Waals surface area contributed by atoms with E-state index in [9.17, 15) is 27.2 Å². The number of amides is 1. The highest BCUT2D eigenvalue weighted by molar-refractivity contribution is 5.96. The largest absolute Gasteiger partial charge is 0.490 e. The van der Waals surface area contributed by atoms with Crippen molar-refractivity contribution in [3.63, 3.8) is 0 Å². The quantitative estimate of drug-likeness (QED) is 0.315. The zero-order chi connectivity index (χ0) is 25.8. The van der Waals surface area contributed by atoms with Gasteiger partial charge in [0, 0.05) is 17.4 Å². The van der Waals surface area contributed by atoms with Crippen LogP contribution in [0.5, 0.6) is 0 Å². The van der Waals surface area contributed by atoms with Crippen LogP contribution in [0.2, 0.25) is 0 Å². The van der Waals surface area contributed by atoms with Crippen molar-refractivity contribution in [2.45, 2.75) is 12.7 Å². The van der Waals surface area contributed by atoms with E-state index in [-0.39, 0.29) is 11.5 Å². The molecule has 182 valence electrons. The van der Waals surface area contributed by atoms with Gasteiger partial charge >= 0.3 is 17.8 Å². The molecule has 0 radical (unpaired) electrons. The number of alkyl halides is 3. The second-order valence-electron chi connectivity index (χ2n) is 7.10. The summed E-state index contributed by atoms with van der Waals surface area (Å²) in [6, 6.07) is 14.4. The van der Waals surface area contributed by atoms with Crippen LogP contribution < -0.4 is 16.7 Å². The smallest absolute Gasteiger partial charge is 0.475 e. The Bertz CT molecular complexity index is 1410. The second kappa shape index (κ2) is 10.1. The first-order valence-corrected chi connectivity index (χ1v) is 9.74. The number of nitrogens with one attached hydrogen (secondary N) is 2. The third-order valence-corrected chi connectivity index (χ3v) is 4.58. The summed E-state index contributed by atoms with van der Waals surface area (Å²) in [5, 5.41) is 10.2. The zero-order valence-electron chi connectivity index (χ0n) is 17.6. The number of primary amides is 1. The summed E-state index contributed by atoms with van der Waals surface area (Å²) in [6.45, 7) is 0.318. The molecule has 4 aromatic rings. The van der Waals surface area contributed by atoms with E-state index in [1.807, 2.05) is 6.07 Å². The van der Waals surface area contributed by atoms with Gasteiger partial charge in [-0.2, -0.15) is 13.2 Å². The van der Waals surface area contributed by atoms with Crippen molar-refractivity contribution in [3.8, 4) is 0 Å². The number of nitrogens with two attached hydrogens (primary N) is 1. The number of carboxylic acids is 1. The maximum atomic E-state index is 13.0. The Hall–Kier alpha value is -4.68. The SMILES string of the molecule is NC(=O)c1ccc2c(c1)[nH]c(=O)n2Cc1ccc(Nc2ccc(F)cc2)nc1.O=C(O)C(F)(F)F. The van der Waals surface area contributed by atoms with Crippen LogP contribution in [-0.2, 0) is 11.3 Å². The number of halogens is 4. The third kappa shape index (κ3) is 6.43. The van der Waals surface area contributed by atoms with Gasteiger partial charge in [-0.05, 0) is 54.1 Å². The highest BCUT2D eigenvalue weighted by atomic mass is 19.4. The molecule has 5 N–H and O–H groups in total. The number of benzene rings is 2. The van der Waals surface area contributed by atoms with Gasteiger partial charge in [-0.25, -0.2) is 19.0 Å². The Kier molecular flexibility index (Phi) is 7.18. The molecule has 13 heteroatoms. The first kappa shape index (κ1) is 25.0. The highest BCUT2D eigenvalue weighted by Crippen LogP contribution is 2.17. The molecule has 2 aromatic heterocycles. The molecule has 2 heterocycles. The van der Waals surface area contributed by atoms with Crippen molar-refractivity contribution in [1.82, 2.24) is 14.5 Å². The number of carboxylic acid groups (broad SMARTS) is 1. The van der Waals surface area contributed by atoms with Crippen molar-refractivity contribution in [2.75, 3.05) is 5.32 Å². The topological polar surface area (TPSA) is 143 Å². The van der Waals surface area contributed by atoms with Gasteiger partial charge in [-0.1, -0.05) is 6.07 Å². The number of rotatable bonds is 5. The summed E-state index contributed by atoms with van der Waals surface area (Å²) in [5.74, 6) is -3.01. The predicted molar refractivity (Wildman–Crippen MR) is 118 cm³/mol. The molecular weight excluding hydrogens is 474 g/mol. The van der Waals surface area contributed by atoms with E-state index in [4.69, 9.17) is 15.6 Å². The molecule has 0 aliphatic carbocycles. The van der Waals surface area contributed by atoms with Gasteiger partial charge in [0.15, 0.2) is 0 Å². The average molecular weight is 491 g/mol. The predicted octanol–water partition coefficient (Wildman–Crippen LogP) is 3.39. The van der Waals surface area contributed by atoms with E-state index in [2.05, 4.69) is 15.3 Å². The molecule has 2 aromatic carbocycles. The minimum atomic E-state index is -5.08. The van der Waals surface area contributed by atoms with Gasteiger partial charge in [-0.15, -0.1) is 0 Å². The van der Waals surface area contributed by atoms with Gasteiger partial charge in [0.05, 0.1) is 17.6 Å². The number of hydrogen-bond donors (Lipinski definition) is 4. The molecule has 0 saturated carbocycles. The maximum absolute atomic E-state index is 13.0. The van der Waals surface area contributed by atoms with Crippen LogP contribution in [0.4, 0.5) is 29.1 Å². The maximum Gasteiger partial charge on any atom is 0.490 e. The van der Waals surface area contributed by atoms with Crippen molar-refractivity contribution < 1.29 is 32.3 Å². The van der Waals surface area contributed by atoms with Crippen LogP contribution in [0.25, 0.3) is 11.0 Å². The van der Waals surface area contributed by atoms with Gasteiger partial charge in [0.25, 0.3) is 0 Å². The molecule has 0 fully saturated rings. The number of aromatic amines is 1. The second-order valence-corrected chi connectivity index (χ2v) is 7.10. The van der Waals surface area contributed by atoms with Crippen LogP contribution in [0.15, 0.2) is 65.6 Å². The molecule has 1 amide bonds. The Morgan fingerprint density at radius 1 is 1.09 bits per heavy atom. The number of nitrogens with zero attached hydrogens (tertiary/aromatic N) is 2. The van der Waals surface area contributed by atoms with Crippen molar-refractivity contribution in [1.29, 1.82) is 0 Å². The van der Waals surface area contributed by atoms with Crippen molar-refractivity contribution >= 4 is 34.4 Å². The van der Waals surface area contributed by atoms with E-state index in [0.717, 1.165) is 11.3 Å². The number of pyridine rings is 1. The van der Waals surface area contributed by atoms with Gasteiger partial charge in [0.2, 0.25) is 5.91 Å². The van der Waals surface area contributed by atoms with E-state index in [1.54, 1.807) is 47.2 Å². The number of H-pyrrole nitrogens is 1. The first-order chi connectivity index (χ1) is 16.4. The van der Waals surface area contributed by atoms with Crippen LogP contribution in [0.1, 0.15) is 15.9 Å². The first-order valence-electron chi connectivity index (χ1n) is 9.74. The lowest BCUT2D eigenvalue weighted by atomic mass is 10.2. The van der Waals surface area contributed by atoms with Crippen molar-refractivity contribution in [2.24, 2.45) is 5.73 Å². The summed E-state index contributed by atoms with van der Waals surface area (Å²) in [7, 11) is 0. The number of carbonyl (C=O) groups excluding carboxylic acids is 1. The molecule has 0 aliphatic rings. The molecule has 35 heavy (non-hydrogen) atoms. The Morgan fingerprint density at radius 3 is 2.29 bits per heavy atom. The Morgan fingerprint density at radius 2 is 1.74 bits per heavy atom. The molecular formula is C22H17F4N5O4. The molecule has 0 unspecified atom stereocenters. The molecule has 0 atom stereocenters. The number of aliphatic carboxylic acids is 1. The van der Waals surface area contributed by atoms with E-state index < -0.39 is 18.1 Å². The number of imidazole rings is 1. The summed E-state index contributed by atoms with van der Waals surface area (Å²) in [5.41, 5.74) is 8.09. The number of carbonyl (C=O) groups is 2. The fourth-order valence-electron chi connectivity index (χ4n) is 2.93. The van der Waals surface area contributed by atoms with Gasteiger partial charge in [0.1, 0.15) is 11.6 Å². The fourth-order valence-corrected chi connectivity index (χ4v) is 2.93. The standard InChI is InChI=1S/C20H16FN5O2.C2HF3O2/c21-14-3-5-15(6-4-14)24-18-8-1-12(10-23-18)11-26-17-7-2-13(19(22)27)9-16(17)25-20(26)28;3-2(4,5)1(6)7/h1-10H,11H2,(H2,22,27)(H,23,24)(H,25,28);(H,6,7). The minimum absolute atomic E-state index is 0.287. The summed E-state index contributed by atoms with van der Waals surface area (Å²) in [4.78, 5) is 39.5. The lowest BCUT2D eigenvalue weighted by Gasteiger charge is -2.07. The molecule has 9 nitrogen and oxygen atoms in total. The van der Waals surface area contributed by atoms with Gasteiger partial charge < -0.3 is 21.1 Å². The number of aromatic nitrogens is 3. The van der Waals surface area contributed by atoms with Gasteiger partial charge in [-0.3, -0.25) is 9.36 Å². The van der Waals surface area contributed by atoms with E-state index >= 15 is 0 Å². The molecule has 0 saturated heterocycles. The monoisotopic (exact) mass is 491 g/mol. The lowest BCUT2D eigenvalue weighted by molar-refractivity contribution is -0.192. The zero-order valence-corrected chi connectivity index (χ0v) is 17.6. The van der Waals surface area contributed by atoms with Crippen LogP contribution in [-0.4, -0.2) is 37.7 Å². The van der Waals surface area contributed by atoms with E-state index in [0.29, 0.717) is 29.0 Å². The summed E-state index contributed by atoms with van der Waals surface area (Å²) in [6.07, 6.45) is -3.42. The minimum Gasteiger partial charge on any atom is -0.475 e. The normalized spacial score (nSPS) is 11.0. The highest BCUT2D eigenvalue weighted by Gasteiger charge is 2.38. The van der Waals surface area contributed by atoms with Crippen LogP contribution >= 0.6 is 0 Å². The molecule has 4 rings (SSSR count). The number of fused-ring (bicyclic) bond motifs is 1. The number of hydrogen-bond acceptors (Lipinski definition) is 5. The summed E-state index contributed by atoms with van der Waals surface area (Å²) >= 11 is 0. The molecule has 0 aliphatic heterocycles. The molecule has 0 bridgehead atoms. The Labute approximate surface area is 193 Å². The fraction of sp³-hybridized carbons (Fsp3) is 0.0909.